The fourth-order valence-electron chi connectivity index (χ4n) is 1.06. The molecule has 0 aliphatic carbocycles. The van der Waals surface area contributed by atoms with Gasteiger partial charge in [0.15, 0.2) is 0 Å². The van der Waals surface area contributed by atoms with E-state index >= 15 is 0 Å². The van der Waals surface area contributed by atoms with Crippen molar-refractivity contribution in [2.75, 3.05) is 0 Å². The maximum Gasteiger partial charge on any atom is -0.0237 e. The Hall–Kier alpha value is -0.260. The molecule has 0 fully saturated rings. The molecule has 0 saturated heterocycles. The molecule has 0 aromatic heterocycles. The maximum absolute atomic E-state index is 2.40. The molecule has 0 rings (SSSR count). The predicted octanol–water partition coefficient (Wildman–Crippen LogP) is 4.17. The minimum Gasteiger partial charge on any atom is -0.0853 e. The molecule has 11 heavy (non-hydrogen) atoms. The standard InChI is InChI=1S/C11H22/c1-5-7-8-9-11(4)10(3)6-2/h9-10H,5-8H2,1-4H3/b11-9+. The summed E-state index contributed by atoms with van der Waals surface area (Å²) < 4.78 is 0. The highest BCUT2D eigenvalue weighted by Gasteiger charge is 1.98. The van der Waals surface area contributed by atoms with Crippen LogP contribution in [0.25, 0.3) is 0 Å². The average Bonchev–Trinajstić information content (AvgIpc) is 2.03. The Morgan fingerprint density at radius 3 is 2.45 bits per heavy atom. The molecule has 0 bridgehead atoms. The third-order valence-corrected chi connectivity index (χ3v) is 2.41. The lowest BCUT2D eigenvalue weighted by Gasteiger charge is -2.08. The van der Waals surface area contributed by atoms with Crippen molar-refractivity contribution >= 4 is 0 Å². The summed E-state index contributed by atoms with van der Waals surface area (Å²) in [5.74, 6) is 0.784. The van der Waals surface area contributed by atoms with Gasteiger partial charge in [-0.15, -0.1) is 0 Å². The summed E-state index contributed by atoms with van der Waals surface area (Å²) in [6.07, 6.45) is 7.59. The topological polar surface area (TPSA) is 0 Å². The first-order valence-corrected chi connectivity index (χ1v) is 4.89. The van der Waals surface area contributed by atoms with Gasteiger partial charge >= 0.3 is 0 Å². The zero-order chi connectivity index (χ0) is 8.69. The summed E-state index contributed by atoms with van der Waals surface area (Å²) in [7, 11) is 0. The molecule has 0 amide bonds. The van der Waals surface area contributed by atoms with Crippen LogP contribution in [-0.4, -0.2) is 0 Å². The molecule has 0 radical (unpaired) electrons. The highest BCUT2D eigenvalue weighted by molar-refractivity contribution is 5.01. The molecule has 0 N–H and O–H groups in total. The minimum atomic E-state index is 0.784. The van der Waals surface area contributed by atoms with E-state index in [0.29, 0.717) is 0 Å². The van der Waals surface area contributed by atoms with Crippen molar-refractivity contribution in [1.82, 2.24) is 0 Å². The Kier molecular flexibility index (Phi) is 6.30. The van der Waals surface area contributed by atoms with Crippen LogP contribution in [0.2, 0.25) is 0 Å². The van der Waals surface area contributed by atoms with E-state index in [1.807, 2.05) is 0 Å². The fraction of sp³-hybridized carbons (Fsp3) is 0.818. The normalized spacial score (nSPS) is 15.1. The SMILES string of the molecule is CCCC/C=C(\C)C(C)CC. The molecule has 0 nitrogen and oxygen atoms in total. The summed E-state index contributed by atoms with van der Waals surface area (Å²) in [6.45, 7) is 9.05. The second kappa shape index (κ2) is 6.45. The lowest BCUT2D eigenvalue weighted by atomic mass is 9.99. The van der Waals surface area contributed by atoms with Crippen LogP contribution in [0.15, 0.2) is 11.6 Å². The lowest BCUT2D eigenvalue weighted by molar-refractivity contribution is 0.648. The second-order valence-electron chi connectivity index (χ2n) is 3.40. The van der Waals surface area contributed by atoms with Gasteiger partial charge in [-0.2, -0.15) is 0 Å². The Morgan fingerprint density at radius 2 is 2.00 bits per heavy atom. The third-order valence-electron chi connectivity index (χ3n) is 2.41. The van der Waals surface area contributed by atoms with E-state index in [-0.39, 0.29) is 0 Å². The summed E-state index contributed by atoms with van der Waals surface area (Å²) in [5, 5.41) is 0. The first kappa shape index (κ1) is 10.7. The van der Waals surface area contributed by atoms with Crippen LogP contribution >= 0.6 is 0 Å². The predicted molar refractivity (Wildman–Crippen MR) is 52.7 cm³/mol. The highest BCUT2D eigenvalue weighted by Crippen LogP contribution is 2.14. The number of hydrogen-bond donors (Lipinski definition) is 0. The van der Waals surface area contributed by atoms with E-state index in [2.05, 4.69) is 33.8 Å². The molecular formula is C11H22. The molecule has 1 unspecified atom stereocenters. The monoisotopic (exact) mass is 154 g/mol. The van der Waals surface area contributed by atoms with Crippen molar-refractivity contribution in [2.24, 2.45) is 5.92 Å². The Bertz CT molecular complexity index is 111. The molecule has 0 saturated carbocycles. The Labute approximate surface area is 71.7 Å². The summed E-state index contributed by atoms with van der Waals surface area (Å²) in [5.41, 5.74) is 1.57. The zero-order valence-electron chi connectivity index (χ0n) is 8.48. The molecule has 0 spiro atoms. The van der Waals surface area contributed by atoms with E-state index in [1.165, 1.54) is 25.7 Å². The molecule has 0 aliphatic heterocycles. The summed E-state index contributed by atoms with van der Waals surface area (Å²) in [4.78, 5) is 0. The van der Waals surface area contributed by atoms with Gasteiger partial charge in [-0.05, 0) is 25.7 Å². The number of allylic oxidation sites excluding steroid dienone is 2. The van der Waals surface area contributed by atoms with Crippen molar-refractivity contribution < 1.29 is 0 Å². The van der Waals surface area contributed by atoms with E-state index in [0.717, 1.165) is 5.92 Å². The van der Waals surface area contributed by atoms with Crippen molar-refractivity contribution in [3.63, 3.8) is 0 Å². The van der Waals surface area contributed by atoms with Crippen LogP contribution in [0.3, 0.4) is 0 Å². The van der Waals surface area contributed by atoms with Gasteiger partial charge in [0.25, 0.3) is 0 Å². The van der Waals surface area contributed by atoms with Crippen molar-refractivity contribution in [3.05, 3.63) is 11.6 Å². The van der Waals surface area contributed by atoms with Crippen molar-refractivity contribution in [3.8, 4) is 0 Å². The van der Waals surface area contributed by atoms with Gasteiger partial charge in [-0.25, -0.2) is 0 Å². The Balaban J connectivity index is 3.61. The first-order valence-electron chi connectivity index (χ1n) is 4.89. The van der Waals surface area contributed by atoms with E-state index in [9.17, 15) is 0 Å². The molecule has 0 heteroatoms. The van der Waals surface area contributed by atoms with Crippen LogP contribution in [0.5, 0.6) is 0 Å². The van der Waals surface area contributed by atoms with Crippen LogP contribution in [0.1, 0.15) is 53.4 Å². The minimum absolute atomic E-state index is 0.784. The van der Waals surface area contributed by atoms with Crippen molar-refractivity contribution in [2.45, 2.75) is 53.4 Å². The smallest absolute Gasteiger partial charge is 0.0237 e. The number of rotatable bonds is 5. The summed E-state index contributed by atoms with van der Waals surface area (Å²) >= 11 is 0. The van der Waals surface area contributed by atoms with E-state index < -0.39 is 0 Å². The molecular weight excluding hydrogens is 132 g/mol. The van der Waals surface area contributed by atoms with Gasteiger partial charge in [0.2, 0.25) is 0 Å². The third kappa shape index (κ3) is 5.06. The quantitative estimate of drug-likeness (QED) is 0.412. The van der Waals surface area contributed by atoms with Crippen molar-refractivity contribution in [1.29, 1.82) is 0 Å². The van der Waals surface area contributed by atoms with Crippen LogP contribution in [-0.2, 0) is 0 Å². The zero-order valence-corrected chi connectivity index (χ0v) is 8.48. The second-order valence-corrected chi connectivity index (χ2v) is 3.40. The molecule has 0 heterocycles. The molecule has 1 atom stereocenters. The van der Waals surface area contributed by atoms with Gasteiger partial charge in [0.05, 0.1) is 0 Å². The van der Waals surface area contributed by atoms with E-state index in [4.69, 9.17) is 0 Å². The van der Waals surface area contributed by atoms with Crippen LogP contribution in [0, 0.1) is 5.92 Å². The highest BCUT2D eigenvalue weighted by atomic mass is 14.0. The van der Waals surface area contributed by atoms with Gasteiger partial charge in [-0.3, -0.25) is 0 Å². The largest absolute Gasteiger partial charge is 0.0853 e. The average molecular weight is 154 g/mol. The molecule has 0 aromatic rings. The molecule has 0 aromatic carbocycles. The molecule has 66 valence electrons. The van der Waals surface area contributed by atoms with Gasteiger partial charge in [0, 0.05) is 0 Å². The van der Waals surface area contributed by atoms with Crippen LogP contribution < -0.4 is 0 Å². The first-order chi connectivity index (χ1) is 5.22. The van der Waals surface area contributed by atoms with E-state index in [1.54, 1.807) is 5.57 Å². The Morgan fingerprint density at radius 1 is 1.36 bits per heavy atom. The molecule has 0 aliphatic rings. The maximum atomic E-state index is 2.40. The number of hydrogen-bond acceptors (Lipinski definition) is 0. The van der Waals surface area contributed by atoms with Crippen LogP contribution in [0.4, 0.5) is 0 Å². The van der Waals surface area contributed by atoms with Gasteiger partial charge in [0.1, 0.15) is 0 Å². The lowest BCUT2D eigenvalue weighted by Crippen LogP contribution is -1.93. The van der Waals surface area contributed by atoms with Gasteiger partial charge < -0.3 is 0 Å². The van der Waals surface area contributed by atoms with Gasteiger partial charge in [-0.1, -0.05) is 45.3 Å². The summed E-state index contributed by atoms with van der Waals surface area (Å²) in [6, 6.07) is 0. The fourth-order valence-corrected chi connectivity index (χ4v) is 1.06. The number of unbranched alkanes of at least 4 members (excludes halogenated alkanes) is 2.